The third kappa shape index (κ3) is 3.47. The van der Waals surface area contributed by atoms with Crippen molar-refractivity contribution >= 4 is 33.3 Å². The van der Waals surface area contributed by atoms with E-state index in [1.54, 1.807) is 29.8 Å². The molecule has 0 aliphatic heterocycles. The zero-order valence-corrected chi connectivity index (χ0v) is 16.7. The van der Waals surface area contributed by atoms with E-state index in [1.165, 1.54) is 16.7 Å². The van der Waals surface area contributed by atoms with Gasteiger partial charge in [0, 0.05) is 6.04 Å². The molecule has 1 unspecified atom stereocenters. The molecule has 1 aliphatic carbocycles. The Morgan fingerprint density at radius 1 is 1.10 bits per heavy atom. The second-order valence-electron chi connectivity index (χ2n) is 7.26. The van der Waals surface area contributed by atoms with Crippen molar-refractivity contribution in [1.82, 2.24) is 9.97 Å². The van der Waals surface area contributed by atoms with Gasteiger partial charge < -0.3 is 10.1 Å². The normalized spacial score (nSPS) is 15.3. The zero-order valence-electron chi connectivity index (χ0n) is 15.9. The monoisotopic (exact) mass is 401 g/mol. The van der Waals surface area contributed by atoms with Gasteiger partial charge in [-0.25, -0.2) is 14.8 Å². The van der Waals surface area contributed by atoms with Crippen molar-refractivity contribution in [1.29, 1.82) is 0 Å². The minimum absolute atomic E-state index is 0.252. The molecule has 4 aromatic rings. The quantitative estimate of drug-likeness (QED) is 0.393. The van der Waals surface area contributed by atoms with Gasteiger partial charge in [-0.05, 0) is 66.1 Å². The first-order chi connectivity index (χ1) is 14.2. The van der Waals surface area contributed by atoms with Crippen LogP contribution in [0.25, 0.3) is 10.2 Å². The van der Waals surface area contributed by atoms with Crippen molar-refractivity contribution in [2.45, 2.75) is 25.8 Å². The Hall–Kier alpha value is -3.25. The predicted molar refractivity (Wildman–Crippen MR) is 115 cm³/mol. The highest BCUT2D eigenvalue weighted by Gasteiger charge is 2.24. The van der Waals surface area contributed by atoms with Crippen LogP contribution in [0, 0.1) is 6.92 Å². The lowest BCUT2D eigenvalue weighted by atomic mass is 10.1. The predicted octanol–water partition coefficient (Wildman–Crippen LogP) is 4.80. The van der Waals surface area contributed by atoms with Crippen molar-refractivity contribution in [3.05, 3.63) is 82.5 Å². The van der Waals surface area contributed by atoms with Gasteiger partial charge in [0.2, 0.25) is 0 Å². The number of aromatic nitrogens is 2. The largest absolute Gasteiger partial charge is 0.423 e. The number of carbonyl (C=O) groups excluding carboxylic acids is 1. The molecule has 1 aliphatic rings. The summed E-state index contributed by atoms with van der Waals surface area (Å²) in [7, 11) is 0. The number of thiophene rings is 1. The molecule has 0 fully saturated rings. The maximum absolute atomic E-state index is 12.3. The summed E-state index contributed by atoms with van der Waals surface area (Å²) in [5, 5.41) is 6.81. The number of aryl methyl sites for hydroxylation is 1. The summed E-state index contributed by atoms with van der Waals surface area (Å²) in [6.07, 6.45) is 3.39. The SMILES string of the molecule is Cc1csc2ncnc(NC3Cc4ccc(OC(=O)c5ccccc5)cc4C3)c12. The summed E-state index contributed by atoms with van der Waals surface area (Å²) in [6.45, 7) is 2.09. The molecule has 0 spiro atoms. The smallest absolute Gasteiger partial charge is 0.343 e. The van der Waals surface area contributed by atoms with Crippen LogP contribution in [0.3, 0.4) is 0 Å². The highest BCUT2D eigenvalue weighted by atomic mass is 32.1. The molecule has 2 heterocycles. The Kier molecular flexibility index (Phi) is 4.48. The van der Waals surface area contributed by atoms with Crippen LogP contribution < -0.4 is 10.1 Å². The molecule has 2 aromatic carbocycles. The molecule has 0 amide bonds. The molecular weight excluding hydrogens is 382 g/mol. The first-order valence-electron chi connectivity index (χ1n) is 9.52. The van der Waals surface area contributed by atoms with E-state index in [-0.39, 0.29) is 12.0 Å². The van der Waals surface area contributed by atoms with Gasteiger partial charge in [-0.15, -0.1) is 11.3 Å². The Balaban J connectivity index is 1.32. The maximum atomic E-state index is 12.3. The minimum atomic E-state index is -0.338. The molecule has 1 atom stereocenters. The van der Waals surface area contributed by atoms with Crippen LogP contribution in [0.15, 0.2) is 60.2 Å². The number of anilines is 1. The zero-order chi connectivity index (χ0) is 19.8. The van der Waals surface area contributed by atoms with Crippen LogP contribution in [0.4, 0.5) is 5.82 Å². The molecule has 29 heavy (non-hydrogen) atoms. The molecule has 5 rings (SSSR count). The molecule has 0 radical (unpaired) electrons. The van der Waals surface area contributed by atoms with E-state index >= 15 is 0 Å². The standard InChI is InChI=1S/C23H19N3O2S/c1-14-12-29-22-20(14)21(24-13-25-22)26-18-9-16-7-8-19(11-17(16)10-18)28-23(27)15-5-3-2-4-6-15/h2-8,11-13,18H,9-10H2,1H3,(H,24,25,26). The average molecular weight is 401 g/mol. The van der Waals surface area contributed by atoms with Crippen molar-refractivity contribution in [3.63, 3.8) is 0 Å². The molecule has 0 bridgehead atoms. The van der Waals surface area contributed by atoms with Crippen LogP contribution in [0.5, 0.6) is 5.75 Å². The van der Waals surface area contributed by atoms with Gasteiger partial charge in [0.25, 0.3) is 0 Å². The summed E-state index contributed by atoms with van der Waals surface area (Å²) in [5.74, 6) is 1.13. The van der Waals surface area contributed by atoms with Gasteiger partial charge in [0.05, 0.1) is 10.9 Å². The number of nitrogens with one attached hydrogen (secondary N) is 1. The Labute approximate surface area is 172 Å². The lowest BCUT2D eigenvalue weighted by molar-refractivity contribution is 0.0734. The van der Waals surface area contributed by atoms with Gasteiger partial charge in [0.15, 0.2) is 0 Å². The molecule has 1 N–H and O–H groups in total. The fourth-order valence-electron chi connectivity index (χ4n) is 3.82. The molecule has 6 heteroatoms. The Morgan fingerprint density at radius 2 is 1.93 bits per heavy atom. The number of hydrogen-bond donors (Lipinski definition) is 1. The van der Waals surface area contributed by atoms with E-state index in [0.717, 1.165) is 28.9 Å². The summed E-state index contributed by atoms with van der Waals surface area (Å²) in [6, 6.07) is 15.2. The van der Waals surface area contributed by atoms with Crippen LogP contribution in [0.2, 0.25) is 0 Å². The number of benzene rings is 2. The van der Waals surface area contributed by atoms with Crippen molar-refractivity contribution < 1.29 is 9.53 Å². The topological polar surface area (TPSA) is 64.1 Å². The molecule has 0 saturated heterocycles. The van der Waals surface area contributed by atoms with E-state index in [0.29, 0.717) is 11.3 Å². The third-order valence-electron chi connectivity index (χ3n) is 5.23. The van der Waals surface area contributed by atoms with E-state index in [1.807, 2.05) is 30.3 Å². The maximum Gasteiger partial charge on any atom is 0.343 e. The van der Waals surface area contributed by atoms with Gasteiger partial charge in [-0.3, -0.25) is 0 Å². The third-order valence-corrected chi connectivity index (χ3v) is 6.23. The molecular formula is C23H19N3O2S. The van der Waals surface area contributed by atoms with Crippen molar-refractivity contribution in [2.75, 3.05) is 5.32 Å². The average Bonchev–Trinajstić information content (AvgIpc) is 3.32. The number of carbonyl (C=O) groups is 1. The second-order valence-corrected chi connectivity index (χ2v) is 8.11. The fraction of sp³-hybridized carbons (Fsp3) is 0.174. The summed E-state index contributed by atoms with van der Waals surface area (Å²) in [5.41, 5.74) is 4.22. The molecule has 0 saturated carbocycles. The number of hydrogen-bond acceptors (Lipinski definition) is 6. The second kappa shape index (κ2) is 7.29. The molecule has 144 valence electrons. The van der Waals surface area contributed by atoms with E-state index in [4.69, 9.17) is 4.74 Å². The molecule has 2 aromatic heterocycles. The Bertz CT molecular complexity index is 1200. The minimum Gasteiger partial charge on any atom is -0.423 e. The summed E-state index contributed by atoms with van der Waals surface area (Å²) < 4.78 is 5.56. The van der Waals surface area contributed by atoms with Crippen LogP contribution >= 0.6 is 11.3 Å². The van der Waals surface area contributed by atoms with Crippen LogP contribution in [0.1, 0.15) is 27.0 Å². The number of esters is 1. The van der Waals surface area contributed by atoms with Crippen LogP contribution in [-0.4, -0.2) is 22.0 Å². The van der Waals surface area contributed by atoms with Gasteiger partial charge in [-0.2, -0.15) is 0 Å². The number of rotatable bonds is 4. The number of fused-ring (bicyclic) bond motifs is 2. The van der Waals surface area contributed by atoms with E-state index in [2.05, 4.69) is 33.7 Å². The van der Waals surface area contributed by atoms with Gasteiger partial charge >= 0.3 is 5.97 Å². The summed E-state index contributed by atoms with van der Waals surface area (Å²) in [4.78, 5) is 22.1. The van der Waals surface area contributed by atoms with Crippen molar-refractivity contribution in [3.8, 4) is 5.75 Å². The fourth-order valence-corrected chi connectivity index (χ4v) is 4.71. The first kappa shape index (κ1) is 17.8. The van der Waals surface area contributed by atoms with E-state index in [9.17, 15) is 4.79 Å². The summed E-state index contributed by atoms with van der Waals surface area (Å²) >= 11 is 1.64. The lowest BCUT2D eigenvalue weighted by Gasteiger charge is -2.13. The van der Waals surface area contributed by atoms with Gasteiger partial charge in [0.1, 0.15) is 22.7 Å². The van der Waals surface area contributed by atoms with Crippen molar-refractivity contribution in [2.24, 2.45) is 0 Å². The van der Waals surface area contributed by atoms with E-state index < -0.39 is 0 Å². The van der Waals surface area contributed by atoms with Gasteiger partial charge in [-0.1, -0.05) is 24.3 Å². The Morgan fingerprint density at radius 3 is 2.79 bits per heavy atom. The molecule has 5 nitrogen and oxygen atoms in total. The highest BCUT2D eigenvalue weighted by molar-refractivity contribution is 7.17. The van der Waals surface area contributed by atoms with Crippen LogP contribution in [-0.2, 0) is 12.8 Å². The number of ether oxygens (including phenoxy) is 1. The highest BCUT2D eigenvalue weighted by Crippen LogP contribution is 2.32. The first-order valence-corrected chi connectivity index (χ1v) is 10.4. The number of nitrogens with zero attached hydrogens (tertiary/aromatic N) is 2. The lowest BCUT2D eigenvalue weighted by Crippen LogP contribution is -2.20.